The molecule has 6 nitrogen and oxygen atoms in total. The molecular weight excluding hydrogens is 292 g/mol. The first-order valence-electron chi connectivity index (χ1n) is 6.61. The Morgan fingerprint density at radius 1 is 1.33 bits per heavy atom. The number of aryl methyl sites for hydroxylation is 1. The number of rotatable bonds is 3. The maximum absolute atomic E-state index is 12.6. The van der Waals surface area contributed by atoms with Crippen molar-refractivity contribution in [3.8, 4) is 6.07 Å². The van der Waals surface area contributed by atoms with Gasteiger partial charge < -0.3 is 5.11 Å². The van der Waals surface area contributed by atoms with Crippen LogP contribution >= 0.6 is 0 Å². The lowest BCUT2D eigenvalue weighted by molar-refractivity contribution is 0.157. The smallest absolute Gasteiger partial charge is 0.421 e. The molecule has 1 aliphatic carbocycles. The Bertz CT molecular complexity index is 676. The second kappa shape index (κ2) is 5.74. The van der Waals surface area contributed by atoms with Gasteiger partial charge in [-0.15, -0.1) is 0 Å². The molecular formula is C14H16N2O4S. The minimum atomic E-state index is -4.16. The maximum Gasteiger partial charge on any atom is 0.421 e. The molecule has 0 bridgehead atoms. The molecule has 1 amide bonds. The van der Waals surface area contributed by atoms with Gasteiger partial charge in [0.2, 0.25) is 0 Å². The molecule has 2 rings (SSSR count). The molecule has 0 radical (unpaired) electrons. The van der Waals surface area contributed by atoms with Crippen molar-refractivity contribution in [1.82, 2.24) is 4.31 Å². The lowest BCUT2D eigenvalue weighted by Crippen LogP contribution is -2.45. The van der Waals surface area contributed by atoms with Crippen LogP contribution in [-0.4, -0.2) is 30.0 Å². The number of benzene rings is 1. The van der Waals surface area contributed by atoms with Crippen molar-refractivity contribution >= 4 is 16.1 Å². The average Bonchev–Trinajstić information content (AvgIpc) is 2.86. The summed E-state index contributed by atoms with van der Waals surface area (Å²) in [6.07, 6.45) is 0.0165. The summed E-state index contributed by atoms with van der Waals surface area (Å²) in [6.45, 7) is 1.81. The van der Waals surface area contributed by atoms with Crippen LogP contribution in [-0.2, 0) is 10.0 Å². The van der Waals surface area contributed by atoms with E-state index in [1.165, 1.54) is 12.1 Å². The van der Waals surface area contributed by atoms with Crippen LogP contribution < -0.4 is 0 Å². The van der Waals surface area contributed by atoms with Gasteiger partial charge in [-0.25, -0.2) is 13.2 Å². The summed E-state index contributed by atoms with van der Waals surface area (Å²) in [5.74, 6) is -0.582. The number of carbonyl (C=O) groups is 1. The summed E-state index contributed by atoms with van der Waals surface area (Å²) < 4.78 is 25.6. The first-order chi connectivity index (χ1) is 9.87. The Hall–Kier alpha value is -2.07. The molecule has 2 atom stereocenters. The van der Waals surface area contributed by atoms with Gasteiger partial charge in [-0.3, -0.25) is 0 Å². The molecule has 1 aromatic carbocycles. The van der Waals surface area contributed by atoms with Gasteiger partial charge in [0.15, 0.2) is 0 Å². The monoisotopic (exact) mass is 308 g/mol. The SMILES string of the molecule is Cc1ccc(S(=O)(=O)N(C(=O)O)C2CCCC2C#N)cc1. The molecule has 1 saturated carbocycles. The van der Waals surface area contributed by atoms with Crippen LogP contribution in [0.25, 0.3) is 0 Å². The second-order valence-corrected chi connectivity index (χ2v) is 6.95. The number of amides is 1. The Morgan fingerprint density at radius 2 is 1.95 bits per heavy atom. The van der Waals surface area contributed by atoms with Gasteiger partial charge in [0.05, 0.1) is 22.9 Å². The highest BCUT2D eigenvalue weighted by Gasteiger charge is 2.42. The lowest BCUT2D eigenvalue weighted by Gasteiger charge is -2.27. The van der Waals surface area contributed by atoms with Gasteiger partial charge in [-0.1, -0.05) is 17.7 Å². The lowest BCUT2D eigenvalue weighted by atomic mass is 10.1. The third kappa shape index (κ3) is 2.85. The molecule has 21 heavy (non-hydrogen) atoms. The summed E-state index contributed by atoms with van der Waals surface area (Å²) in [6, 6.07) is 7.21. The first kappa shape index (κ1) is 15.3. The van der Waals surface area contributed by atoms with E-state index in [-0.39, 0.29) is 4.90 Å². The Kier molecular flexibility index (Phi) is 4.19. The fourth-order valence-electron chi connectivity index (χ4n) is 2.62. The van der Waals surface area contributed by atoms with Crippen molar-refractivity contribution in [3.05, 3.63) is 29.8 Å². The summed E-state index contributed by atoms with van der Waals surface area (Å²) in [4.78, 5) is 11.4. The fraction of sp³-hybridized carbons (Fsp3) is 0.429. The van der Waals surface area contributed by atoms with E-state index >= 15 is 0 Å². The minimum Gasteiger partial charge on any atom is -0.464 e. The van der Waals surface area contributed by atoms with Gasteiger partial charge >= 0.3 is 6.09 Å². The van der Waals surface area contributed by atoms with Crippen molar-refractivity contribution in [2.75, 3.05) is 0 Å². The highest BCUT2D eigenvalue weighted by atomic mass is 32.2. The highest BCUT2D eigenvalue weighted by molar-refractivity contribution is 7.89. The average molecular weight is 308 g/mol. The number of carboxylic acid groups (broad SMARTS) is 1. The van der Waals surface area contributed by atoms with Crippen LogP contribution in [0.4, 0.5) is 4.79 Å². The number of nitriles is 1. The predicted octanol–water partition coefficient (Wildman–Crippen LogP) is 2.36. The quantitative estimate of drug-likeness (QED) is 0.924. The molecule has 2 unspecified atom stereocenters. The van der Waals surface area contributed by atoms with Crippen LogP contribution in [0, 0.1) is 24.2 Å². The van der Waals surface area contributed by atoms with Crippen LogP contribution in [0.2, 0.25) is 0 Å². The largest absolute Gasteiger partial charge is 0.464 e. The molecule has 0 heterocycles. The van der Waals surface area contributed by atoms with E-state index in [2.05, 4.69) is 0 Å². The summed E-state index contributed by atoms with van der Waals surface area (Å²) in [5, 5.41) is 18.4. The van der Waals surface area contributed by atoms with E-state index in [1.807, 2.05) is 13.0 Å². The molecule has 0 saturated heterocycles. The second-order valence-electron chi connectivity index (χ2n) is 5.13. The molecule has 112 valence electrons. The molecule has 0 aliphatic heterocycles. The Labute approximate surface area is 123 Å². The third-order valence-corrected chi connectivity index (χ3v) is 5.53. The fourth-order valence-corrected chi connectivity index (χ4v) is 4.14. The third-order valence-electron chi connectivity index (χ3n) is 3.71. The van der Waals surface area contributed by atoms with E-state index in [4.69, 9.17) is 5.26 Å². The molecule has 1 aromatic rings. The first-order valence-corrected chi connectivity index (χ1v) is 8.05. The van der Waals surface area contributed by atoms with Crippen molar-refractivity contribution in [2.45, 2.75) is 37.1 Å². The highest BCUT2D eigenvalue weighted by Crippen LogP contribution is 2.33. The van der Waals surface area contributed by atoms with Gasteiger partial charge in [-0.2, -0.15) is 9.57 Å². The van der Waals surface area contributed by atoms with Gasteiger partial charge in [0.1, 0.15) is 0 Å². The number of nitrogens with zero attached hydrogens (tertiary/aromatic N) is 2. The van der Waals surface area contributed by atoms with Gasteiger partial charge in [0, 0.05) is 0 Å². The molecule has 7 heteroatoms. The van der Waals surface area contributed by atoms with Crippen LogP contribution in [0.15, 0.2) is 29.2 Å². The predicted molar refractivity (Wildman–Crippen MR) is 75.0 cm³/mol. The van der Waals surface area contributed by atoms with Crippen LogP contribution in [0.3, 0.4) is 0 Å². The Morgan fingerprint density at radius 3 is 2.48 bits per heavy atom. The zero-order valence-electron chi connectivity index (χ0n) is 11.6. The van der Waals surface area contributed by atoms with E-state index in [9.17, 15) is 18.3 Å². The summed E-state index contributed by atoms with van der Waals surface area (Å²) in [5.41, 5.74) is 0.881. The molecule has 0 spiro atoms. The number of hydrogen-bond acceptors (Lipinski definition) is 4. The van der Waals surface area contributed by atoms with E-state index in [0.29, 0.717) is 23.6 Å². The van der Waals surface area contributed by atoms with Gasteiger partial charge in [0.25, 0.3) is 10.0 Å². The molecule has 0 aromatic heterocycles. The van der Waals surface area contributed by atoms with Crippen LogP contribution in [0.1, 0.15) is 24.8 Å². The molecule has 1 N–H and O–H groups in total. The zero-order valence-corrected chi connectivity index (χ0v) is 12.4. The number of hydrogen-bond donors (Lipinski definition) is 1. The molecule has 1 fully saturated rings. The standard InChI is InChI=1S/C14H16N2O4S/c1-10-5-7-12(8-6-10)21(19,20)16(14(17)18)13-4-2-3-11(13)9-15/h5-8,11,13H,2-4H2,1H3,(H,17,18). The van der Waals surface area contributed by atoms with Gasteiger partial charge in [-0.05, 0) is 38.3 Å². The van der Waals surface area contributed by atoms with Crippen LogP contribution in [0.5, 0.6) is 0 Å². The minimum absolute atomic E-state index is 0.0703. The Balaban J connectivity index is 2.45. The maximum atomic E-state index is 12.6. The van der Waals surface area contributed by atoms with Crippen molar-refractivity contribution in [3.63, 3.8) is 0 Å². The topological polar surface area (TPSA) is 98.5 Å². The van der Waals surface area contributed by atoms with Crippen molar-refractivity contribution < 1.29 is 18.3 Å². The number of sulfonamides is 1. The van der Waals surface area contributed by atoms with Crippen molar-refractivity contribution in [2.24, 2.45) is 5.92 Å². The normalized spacial score (nSPS) is 21.7. The zero-order chi connectivity index (χ0) is 15.6. The molecule has 1 aliphatic rings. The van der Waals surface area contributed by atoms with E-state index in [1.54, 1.807) is 12.1 Å². The summed E-state index contributed by atoms with van der Waals surface area (Å²) in [7, 11) is -4.16. The van der Waals surface area contributed by atoms with E-state index < -0.39 is 28.1 Å². The van der Waals surface area contributed by atoms with E-state index in [0.717, 1.165) is 5.56 Å². The van der Waals surface area contributed by atoms with Crippen molar-refractivity contribution in [1.29, 1.82) is 5.26 Å². The summed E-state index contributed by atoms with van der Waals surface area (Å²) >= 11 is 0.